The molecule has 22 heavy (non-hydrogen) atoms. The van der Waals surface area contributed by atoms with Crippen LogP contribution in [0.2, 0.25) is 0 Å². The van der Waals surface area contributed by atoms with E-state index >= 15 is 0 Å². The van der Waals surface area contributed by atoms with Crippen molar-refractivity contribution in [3.63, 3.8) is 0 Å². The van der Waals surface area contributed by atoms with Gasteiger partial charge in [-0.25, -0.2) is 4.98 Å². The third-order valence-corrected chi connectivity index (χ3v) is 5.48. The van der Waals surface area contributed by atoms with E-state index < -0.39 is 0 Å². The Kier molecular flexibility index (Phi) is 3.67. The number of aromatic nitrogens is 2. The molecule has 116 valence electrons. The monoisotopic (exact) mass is 296 g/mol. The second-order valence-electron chi connectivity index (χ2n) is 6.30. The molecule has 1 saturated carbocycles. The zero-order valence-electron chi connectivity index (χ0n) is 13.8. The second-order valence-corrected chi connectivity index (χ2v) is 6.30. The summed E-state index contributed by atoms with van der Waals surface area (Å²) < 4.78 is 0. The number of aromatic amines is 1. The van der Waals surface area contributed by atoms with Gasteiger partial charge in [0.1, 0.15) is 5.78 Å². The van der Waals surface area contributed by atoms with Crippen LogP contribution >= 0.6 is 0 Å². The predicted molar refractivity (Wildman–Crippen MR) is 88.0 cm³/mol. The van der Waals surface area contributed by atoms with Crippen molar-refractivity contribution >= 4 is 5.78 Å². The van der Waals surface area contributed by atoms with Crippen LogP contribution in [0.5, 0.6) is 0 Å². The highest BCUT2D eigenvalue weighted by atomic mass is 16.1. The summed E-state index contributed by atoms with van der Waals surface area (Å²) in [5.41, 5.74) is 3.54. The first-order valence-corrected chi connectivity index (χ1v) is 8.27. The predicted octanol–water partition coefficient (Wildman–Crippen LogP) is 4.18. The Hall–Kier alpha value is -1.90. The molecular formula is C19H24N2O. The molecular weight excluding hydrogens is 272 g/mol. The van der Waals surface area contributed by atoms with Crippen LogP contribution in [0.1, 0.15) is 62.8 Å². The first-order valence-electron chi connectivity index (χ1n) is 8.27. The Morgan fingerprint density at radius 1 is 1.18 bits per heavy atom. The molecule has 0 bridgehead atoms. The first-order chi connectivity index (χ1) is 10.7. The summed E-state index contributed by atoms with van der Waals surface area (Å²) >= 11 is 0. The van der Waals surface area contributed by atoms with Crippen molar-refractivity contribution in [2.24, 2.45) is 5.92 Å². The van der Waals surface area contributed by atoms with E-state index in [0.717, 1.165) is 12.1 Å². The average Bonchev–Trinajstić information content (AvgIpc) is 3.22. The smallest absolute Gasteiger partial charge is 0.144 e. The molecule has 0 saturated heterocycles. The number of rotatable bonds is 1. The summed E-state index contributed by atoms with van der Waals surface area (Å²) in [4.78, 5) is 20.2. The summed E-state index contributed by atoms with van der Waals surface area (Å²) in [6.07, 6.45) is 4.54. The number of imidazole rings is 1. The molecule has 1 N–H and O–H groups in total. The van der Waals surface area contributed by atoms with Gasteiger partial charge in [-0.3, -0.25) is 4.79 Å². The zero-order chi connectivity index (χ0) is 15.9. The molecule has 1 aromatic heterocycles. The molecule has 1 fully saturated rings. The summed E-state index contributed by atoms with van der Waals surface area (Å²) in [5.74, 6) is 0.845. The number of hydrogen-bond donors (Lipinski definition) is 1. The minimum atomic E-state index is -0.128. The maximum atomic E-state index is 12.8. The Balaban J connectivity index is 0.000000693. The van der Waals surface area contributed by atoms with E-state index in [-0.39, 0.29) is 17.3 Å². The number of ketones is 1. The third-order valence-electron chi connectivity index (χ3n) is 5.48. The van der Waals surface area contributed by atoms with Crippen LogP contribution in [-0.2, 0) is 10.2 Å². The van der Waals surface area contributed by atoms with E-state index in [2.05, 4.69) is 42.0 Å². The SMILES string of the molecule is CC.CC1CC2(c3cnc[nH]3)C(C)c3ccccc3C2C1=O. The second kappa shape index (κ2) is 5.38. The van der Waals surface area contributed by atoms with E-state index in [1.807, 2.05) is 26.1 Å². The lowest BCUT2D eigenvalue weighted by Crippen LogP contribution is -2.31. The van der Waals surface area contributed by atoms with Gasteiger partial charge in [-0.1, -0.05) is 52.0 Å². The van der Waals surface area contributed by atoms with Gasteiger partial charge in [0.05, 0.1) is 12.2 Å². The van der Waals surface area contributed by atoms with Crippen molar-refractivity contribution in [2.45, 2.75) is 51.4 Å². The van der Waals surface area contributed by atoms with Crippen LogP contribution in [0.3, 0.4) is 0 Å². The molecule has 1 aromatic carbocycles. The van der Waals surface area contributed by atoms with Gasteiger partial charge >= 0.3 is 0 Å². The molecule has 0 amide bonds. The Morgan fingerprint density at radius 3 is 2.50 bits per heavy atom. The summed E-state index contributed by atoms with van der Waals surface area (Å²) in [6.45, 7) is 8.32. The topological polar surface area (TPSA) is 45.8 Å². The molecule has 2 aliphatic rings. The standard InChI is InChI=1S/C17H18N2O.C2H6/c1-10-7-17(14-8-18-9-19-14)11(2)12-5-3-4-6-13(12)15(17)16(10)20;1-2/h3-6,8-11,15H,7H2,1-2H3,(H,18,19);1-2H3. The number of nitrogens with one attached hydrogen (secondary N) is 1. The first kappa shape index (κ1) is 15.0. The van der Waals surface area contributed by atoms with Crippen molar-refractivity contribution in [3.8, 4) is 0 Å². The van der Waals surface area contributed by atoms with E-state index in [1.165, 1.54) is 11.1 Å². The molecule has 3 heteroatoms. The Bertz CT molecular complexity index is 677. The van der Waals surface area contributed by atoms with Gasteiger partial charge in [0, 0.05) is 23.2 Å². The van der Waals surface area contributed by atoms with Crippen molar-refractivity contribution < 1.29 is 4.79 Å². The lowest BCUT2D eigenvalue weighted by atomic mass is 9.70. The van der Waals surface area contributed by atoms with E-state index in [9.17, 15) is 4.79 Å². The van der Waals surface area contributed by atoms with Gasteiger partial charge in [0.25, 0.3) is 0 Å². The van der Waals surface area contributed by atoms with Crippen LogP contribution in [0, 0.1) is 5.92 Å². The normalized spacial score (nSPS) is 32.2. The maximum Gasteiger partial charge on any atom is 0.144 e. The van der Waals surface area contributed by atoms with Crippen LogP contribution < -0.4 is 0 Å². The number of nitrogens with zero attached hydrogens (tertiary/aromatic N) is 1. The third kappa shape index (κ3) is 1.74. The van der Waals surface area contributed by atoms with Crippen LogP contribution in [-0.4, -0.2) is 15.8 Å². The van der Waals surface area contributed by atoms with Gasteiger partial charge in [-0.2, -0.15) is 0 Å². The average molecular weight is 296 g/mol. The fourth-order valence-electron chi connectivity index (χ4n) is 4.58. The minimum Gasteiger partial charge on any atom is -0.348 e. The van der Waals surface area contributed by atoms with E-state index in [4.69, 9.17) is 0 Å². The summed E-state index contributed by atoms with van der Waals surface area (Å²) in [5, 5.41) is 0. The van der Waals surface area contributed by atoms with E-state index in [0.29, 0.717) is 11.7 Å². The number of carbonyl (C=O) groups is 1. The lowest BCUT2D eigenvalue weighted by Gasteiger charge is -2.32. The van der Waals surface area contributed by atoms with Crippen LogP contribution in [0.4, 0.5) is 0 Å². The highest BCUT2D eigenvalue weighted by Crippen LogP contribution is 2.63. The molecule has 4 rings (SSSR count). The number of benzene rings is 1. The van der Waals surface area contributed by atoms with Crippen molar-refractivity contribution in [2.75, 3.05) is 0 Å². The molecule has 4 atom stereocenters. The molecule has 2 aliphatic carbocycles. The number of fused-ring (bicyclic) bond motifs is 3. The quantitative estimate of drug-likeness (QED) is 0.858. The number of carbonyl (C=O) groups excluding carboxylic acids is 1. The molecule has 3 nitrogen and oxygen atoms in total. The van der Waals surface area contributed by atoms with E-state index in [1.54, 1.807) is 6.33 Å². The highest BCUT2D eigenvalue weighted by Gasteiger charge is 2.61. The molecule has 1 heterocycles. The maximum absolute atomic E-state index is 12.8. The number of hydrogen-bond acceptors (Lipinski definition) is 2. The minimum absolute atomic E-state index is 0.0100. The molecule has 0 spiro atoms. The van der Waals surface area contributed by atoms with Crippen molar-refractivity contribution in [1.82, 2.24) is 9.97 Å². The molecule has 0 aliphatic heterocycles. The molecule has 2 aromatic rings. The molecule has 4 unspecified atom stereocenters. The number of H-pyrrole nitrogens is 1. The zero-order valence-corrected chi connectivity index (χ0v) is 13.8. The summed E-state index contributed by atoms with van der Waals surface area (Å²) in [7, 11) is 0. The highest BCUT2D eigenvalue weighted by molar-refractivity contribution is 5.94. The van der Waals surface area contributed by atoms with Gasteiger partial charge in [-0.15, -0.1) is 0 Å². The summed E-state index contributed by atoms with van der Waals surface area (Å²) in [6, 6.07) is 8.43. The number of Topliss-reactive ketones (excluding diaryl/α,β-unsaturated/α-hetero) is 1. The fraction of sp³-hybridized carbons (Fsp3) is 0.474. The Morgan fingerprint density at radius 2 is 1.86 bits per heavy atom. The largest absolute Gasteiger partial charge is 0.348 e. The van der Waals surface area contributed by atoms with Gasteiger partial charge in [0.15, 0.2) is 0 Å². The van der Waals surface area contributed by atoms with Gasteiger partial charge in [-0.05, 0) is 23.5 Å². The Labute approximate surface area is 132 Å². The van der Waals surface area contributed by atoms with Crippen LogP contribution in [0.25, 0.3) is 0 Å². The van der Waals surface area contributed by atoms with Crippen LogP contribution in [0.15, 0.2) is 36.8 Å². The molecule has 0 radical (unpaired) electrons. The van der Waals surface area contributed by atoms with Gasteiger partial charge < -0.3 is 4.98 Å². The van der Waals surface area contributed by atoms with Crippen molar-refractivity contribution in [3.05, 3.63) is 53.6 Å². The van der Waals surface area contributed by atoms with Crippen molar-refractivity contribution in [1.29, 1.82) is 0 Å². The fourth-order valence-corrected chi connectivity index (χ4v) is 4.58. The lowest BCUT2D eigenvalue weighted by molar-refractivity contribution is -0.121. The van der Waals surface area contributed by atoms with Gasteiger partial charge in [0.2, 0.25) is 0 Å².